The van der Waals surface area contributed by atoms with Crippen molar-refractivity contribution in [2.45, 2.75) is 10.9 Å². The van der Waals surface area contributed by atoms with Gasteiger partial charge >= 0.3 is 0 Å². The third-order valence-electron chi connectivity index (χ3n) is 4.10. The minimum atomic E-state index is -0.324. The van der Waals surface area contributed by atoms with Crippen LogP contribution in [0.2, 0.25) is 0 Å². The molecule has 0 bridgehead atoms. The predicted octanol–water partition coefficient (Wildman–Crippen LogP) is 4.16. The molecule has 0 saturated carbocycles. The van der Waals surface area contributed by atoms with Gasteiger partial charge in [0.25, 0.3) is 5.56 Å². The standard InChI is InChI=1S/C20H15FN4OS/c1-2-13-3-5-14(6-4-13)12-27-20-23-22-19(26)18-11-17(24-25(18)20)15-7-9-16(21)10-8-15/h2-11H,1,12H2,(H,22,26). The Balaban J connectivity index is 1.66. The SMILES string of the molecule is C=Cc1ccc(CSc2n[nH]c(=O)c3cc(-c4ccc(F)cc4)nn23)cc1. The van der Waals surface area contributed by atoms with E-state index in [0.717, 1.165) is 16.7 Å². The second-order valence-electron chi connectivity index (χ2n) is 5.90. The monoisotopic (exact) mass is 378 g/mol. The number of halogens is 1. The second-order valence-corrected chi connectivity index (χ2v) is 6.85. The first-order valence-electron chi connectivity index (χ1n) is 8.22. The molecule has 7 heteroatoms. The van der Waals surface area contributed by atoms with Gasteiger partial charge in [-0.3, -0.25) is 4.79 Å². The average Bonchev–Trinajstić information content (AvgIpc) is 3.15. The summed E-state index contributed by atoms with van der Waals surface area (Å²) in [5.41, 5.74) is 3.58. The second kappa shape index (κ2) is 7.20. The van der Waals surface area contributed by atoms with Crippen molar-refractivity contribution in [1.29, 1.82) is 0 Å². The summed E-state index contributed by atoms with van der Waals surface area (Å²) in [6.07, 6.45) is 1.80. The number of aromatic nitrogens is 4. The van der Waals surface area contributed by atoms with Crippen LogP contribution in [-0.4, -0.2) is 19.8 Å². The minimum Gasteiger partial charge on any atom is -0.266 e. The number of fused-ring (bicyclic) bond motifs is 1. The Morgan fingerprint density at radius 1 is 1.15 bits per heavy atom. The number of benzene rings is 2. The highest BCUT2D eigenvalue weighted by atomic mass is 32.2. The summed E-state index contributed by atoms with van der Waals surface area (Å²) in [4.78, 5) is 12.1. The number of hydrogen-bond donors (Lipinski definition) is 1. The fourth-order valence-electron chi connectivity index (χ4n) is 2.64. The largest absolute Gasteiger partial charge is 0.290 e. The molecule has 0 amide bonds. The summed E-state index contributed by atoms with van der Waals surface area (Å²) in [6, 6.07) is 15.7. The lowest BCUT2D eigenvalue weighted by molar-refractivity contribution is 0.628. The van der Waals surface area contributed by atoms with Gasteiger partial charge in [-0.2, -0.15) is 5.10 Å². The third-order valence-corrected chi connectivity index (χ3v) is 5.10. The number of nitrogens with one attached hydrogen (secondary N) is 1. The number of nitrogens with zero attached hydrogens (tertiary/aromatic N) is 3. The van der Waals surface area contributed by atoms with Crippen molar-refractivity contribution in [2.24, 2.45) is 0 Å². The van der Waals surface area contributed by atoms with Crippen LogP contribution >= 0.6 is 11.8 Å². The summed E-state index contributed by atoms with van der Waals surface area (Å²) in [6.45, 7) is 3.75. The van der Waals surface area contributed by atoms with Crippen LogP contribution in [0.25, 0.3) is 22.9 Å². The fourth-order valence-corrected chi connectivity index (χ4v) is 3.50. The van der Waals surface area contributed by atoms with Crippen molar-refractivity contribution >= 4 is 23.4 Å². The van der Waals surface area contributed by atoms with Crippen LogP contribution in [0, 0.1) is 5.82 Å². The Morgan fingerprint density at radius 3 is 2.59 bits per heavy atom. The molecule has 0 aliphatic rings. The molecule has 1 N–H and O–H groups in total. The van der Waals surface area contributed by atoms with Gasteiger partial charge in [0.05, 0.1) is 5.69 Å². The van der Waals surface area contributed by atoms with E-state index >= 15 is 0 Å². The molecule has 2 aromatic carbocycles. The highest BCUT2D eigenvalue weighted by Gasteiger charge is 2.12. The molecule has 5 nitrogen and oxygen atoms in total. The van der Waals surface area contributed by atoms with Crippen molar-refractivity contribution in [1.82, 2.24) is 19.8 Å². The highest BCUT2D eigenvalue weighted by Crippen LogP contribution is 2.24. The Morgan fingerprint density at radius 2 is 1.89 bits per heavy atom. The fraction of sp³-hybridized carbons (Fsp3) is 0.0500. The lowest BCUT2D eigenvalue weighted by atomic mass is 10.1. The lowest BCUT2D eigenvalue weighted by Crippen LogP contribution is -2.13. The van der Waals surface area contributed by atoms with E-state index in [1.807, 2.05) is 24.3 Å². The molecule has 134 valence electrons. The first-order valence-corrected chi connectivity index (χ1v) is 9.21. The number of rotatable bonds is 5. The predicted molar refractivity (Wildman–Crippen MR) is 105 cm³/mol. The Labute approximate surface area is 158 Å². The van der Waals surface area contributed by atoms with Crippen LogP contribution in [0.4, 0.5) is 4.39 Å². The summed E-state index contributed by atoms with van der Waals surface area (Å²) in [7, 11) is 0. The molecule has 0 atom stereocenters. The van der Waals surface area contributed by atoms with Gasteiger partial charge in [0.2, 0.25) is 5.16 Å². The molecule has 0 radical (unpaired) electrons. The molecule has 0 saturated heterocycles. The molecule has 27 heavy (non-hydrogen) atoms. The van der Waals surface area contributed by atoms with Crippen molar-refractivity contribution < 1.29 is 4.39 Å². The molecule has 0 unspecified atom stereocenters. The van der Waals surface area contributed by atoms with Gasteiger partial charge in [0.15, 0.2) is 0 Å². The van der Waals surface area contributed by atoms with E-state index in [9.17, 15) is 9.18 Å². The topological polar surface area (TPSA) is 63.0 Å². The van der Waals surface area contributed by atoms with Crippen molar-refractivity contribution in [3.63, 3.8) is 0 Å². The molecule has 4 rings (SSSR count). The minimum absolute atomic E-state index is 0.319. The van der Waals surface area contributed by atoms with Gasteiger partial charge in [0, 0.05) is 11.3 Å². The van der Waals surface area contributed by atoms with E-state index in [-0.39, 0.29) is 11.4 Å². The molecule has 4 aromatic rings. The molecule has 0 spiro atoms. The van der Waals surface area contributed by atoms with Crippen molar-refractivity contribution in [3.8, 4) is 11.3 Å². The lowest BCUT2D eigenvalue weighted by Gasteiger charge is -2.03. The maximum Gasteiger partial charge on any atom is 0.290 e. The maximum absolute atomic E-state index is 13.1. The molecular formula is C20H15FN4OS. The van der Waals surface area contributed by atoms with Gasteiger partial charge < -0.3 is 0 Å². The van der Waals surface area contributed by atoms with E-state index in [4.69, 9.17) is 0 Å². The molecule has 2 aromatic heterocycles. The summed E-state index contributed by atoms with van der Waals surface area (Å²) < 4.78 is 14.7. The van der Waals surface area contributed by atoms with Crippen molar-refractivity contribution in [2.75, 3.05) is 0 Å². The van der Waals surface area contributed by atoms with Crippen LogP contribution in [-0.2, 0) is 5.75 Å². The van der Waals surface area contributed by atoms with Gasteiger partial charge in [-0.25, -0.2) is 14.0 Å². The molecular weight excluding hydrogens is 363 g/mol. The first kappa shape index (κ1) is 17.2. The van der Waals surface area contributed by atoms with Crippen LogP contribution in [0.5, 0.6) is 0 Å². The molecule has 0 aliphatic carbocycles. The van der Waals surface area contributed by atoms with E-state index in [0.29, 0.717) is 22.1 Å². The number of hydrogen-bond acceptors (Lipinski definition) is 4. The van der Waals surface area contributed by atoms with Crippen LogP contribution in [0.15, 0.2) is 71.1 Å². The summed E-state index contributed by atoms with van der Waals surface area (Å²) in [5.74, 6) is 0.359. The number of thioether (sulfide) groups is 1. The van der Waals surface area contributed by atoms with E-state index in [1.165, 1.54) is 28.4 Å². The summed E-state index contributed by atoms with van der Waals surface area (Å²) in [5, 5.41) is 11.7. The average molecular weight is 378 g/mol. The van der Waals surface area contributed by atoms with Crippen LogP contribution in [0.3, 0.4) is 0 Å². The van der Waals surface area contributed by atoms with Gasteiger partial charge in [-0.05, 0) is 41.5 Å². The van der Waals surface area contributed by atoms with E-state index in [2.05, 4.69) is 21.9 Å². The van der Waals surface area contributed by atoms with Gasteiger partial charge in [-0.1, -0.05) is 48.7 Å². The van der Waals surface area contributed by atoms with Crippen molar-refractivity contribution in [3.05, 3.63) is 88.5 Å². The molecule has 0 aliphatic heterocycles. The smallest absolute Gasteiger partial charge is 0.266 e. The maximum atomic E-state index is 13.1. The van der Waals surface area contributed by atoms with Crippen LogP contribution in [0.1, 0.15) is 11.1 Å². The quantitative estimate of drug-likeness (QED) is 0.530. The third kappa shape index (κ3) is 3.54. The highest BCUT2D eigenvalue weighted by molar-refractivity contribution is 7.98. The normalized spacial score (nSPS) is 11.0. The zero-order valence-electron chi connectivity index (χ0n) is 14.2. The van der Waals surface area contributed by atoms with Gasteiger partial charge in [0.1, 0.15) is 11.3 Å². The number of H-pyrrole nitrogens is 1. The Hall–Kier alpha value is -3.19. The zero-order chi connectivity index (χ0) is 18.8. The van der Waals surface area contributed by atoms with E-state index < -0.39 is 0 Å². The summed E-state index contributed by atoms with van der Waals surface area (Å²) >= 11 is 1.47. The Kier molecular flexibility index (Phi) is 4.60. The van der Waals surface area contributed by atoms with E-state index in [1.54, 1.807) is 24.3 Å². The molecule has 2 heterocycles. The number of aromatic amines is 1. The first-order chi connectivity index (χ1) is 13.1. The van der Waals surface area contributed by atoms with Crippen LogP contribution < -0.4 is 5.56 Å². The van der Waals surface area contributed by atoms with Gasteiger partial charge in [-0.15, -0.1) is 5.10 Å². The zero-order valence-corrected chi connectivity index (χ0v) is 15.0. The Bertz CT molecular complexity index is 1160. The molecule has 0 fully saturated rings.